The van der Waals surface area contributed by atoms with Crippen LogP contribution >= 0.6 is 0 Å². The SMILES string of the molecule is CCCCOC(=O)C(C)CC(C)(CC)C(=O)NCCCN. The zero-order chi connectivity index (χ0) is 16.3. The average molecular weight is 300 g/mol. The molecule has 2 unspecified atom stereocenters. The van der Waals surface area contributed by atoms with Crippen LogP contribution in [0.1, 0.15) is 59.8 Å². The van der Waals surface area contributed by atoms with Crippen LogP contribution in [-0.4, -0.2) is 31.6 Å². The molecule has 124 valence electrons. The first-order valence-corrected chi connectivity index (χ1v) is 8.06. The molecule has 3 N–H and O–H groups in total. The second-order valence-electron chi connectivity index (χ2n) is 5.94. The fourth-order valence-electron chi connectivity index (χ4n) is 2.13. The van der Waals surface area contributed by atoms with Gasteiger partial charge in [0.15, 0.2) is 0 Å². The van der Waals surface area contributed by atoms with Gasteiger partial charge in [0.25, 0.3) is 0 Å². The van der Waals surface area contributed by atoms with Gasteiger partial charge in [0, 0.05) is 12.0 Å². The first-order valence-electron chi connectivity index (χ1n) is 8.06. The summed E-state index contributed by atoms with van der Waals surface area (Å²) in [6.45, 7) is 9.36. The van der Waals surface area contributed by atoms with Crippen LogP contribution in [-0.2, 0) is 14.3 Å². The molecule has 0 aliphatic rings. The fraction of sp³-hybridized carbons (Fsp3) is 0.875. The van der Waals surface area contributed by atoms with Crippen molar-refractivity contribution in [1.82, 2.24) is 5.32 Å². The van der Waals surface area contributed by atoms with Crippen molar-refractivity contribution in [2.75, 3.05) is 19.7 Å². The third-order valence-electron chi connectivity index (χ3n) is 3.90. The van der Waals surface area contributed by atoms with E-state index < -0.39 is 5.41 Å². The number of nitrogens with two attached hydrogens (primary N) is 1. The number of amides is 1. The second kappa shape index (κ2) is 10.6. The Morgan fingerprint density at radius 2 is 1.95 bits per heavy atom. The van der Waals surface area contributed by atoms with Gasteiger partial charge in [-0.3, -0.25) is 9.59 Å². The normalized spacial score (nSPS) is 15.1. The van der Waals surface area contributed by atoms with Gasteiger partial charge in [-0.05, 0) is 32.2 Å². The highest BCUT2D eigenvalue weighted by Crippen LogP contribution is 2.30. The van der Waals surface area contributed by atoms with Crippen LogP contribution in [0.25, 0.3) is 0 Å². The van der Waals surface area contributed by atoms with Crippen LogP contribution in [0.2, 0.25) is 0 Å². The standard InChI is InChI=1S/C16H32N2O3/c1-5-7-11-21-14(19)13(3)12-16(4,6-2)15(20)18-10-8-9-17/h13H,5-12,17H2,1-4H3,(H,18,20). The van der Waals surface area contributed by atoms with Crippen molar-refractivity contribution in [3.05, 3.63) is 0 Å². The number of hydrogen-bond donors (Lipinski definition) is 2. The Morgan fingerprint density at radius 3 is 2.48 bits per heavy atom. The number of nitrogens with one attached hydrogen (secondary N) is 1. The largest absolute Gasteiger partial charge is 0.465 e. The molecule has 0 aromatic heterocycles. The van der Waals surface area contributed by atoms with Crippen LogP contribution in [0, 0.1) is 11.3 Å². The van der Waals surface area contributed by atoms with E-state index in [2.05, 4.69) is 12.2 Å². The number of unbranched alkanes of at least 4 members (excludes halogenated alkanes) is 1. The van der Waals surface area contributed by atoms with E-state index in [0.717, 1.165) is 19.3 Å². The summed E-state index contributed by atoms with van der Waals surface area (Å²) in [6, 6.07) is 0. The van der Waals surface area contributed by atoms with Crippen LogP contribution in [0.4, 0.5) is 0 Å². The van der Waals surface area contributed by atoms with Crippen molar-refractivity contribution < 1.29 is 14.3 Å². The zero-order valence-corrected chi connectivity index (χ0v) is 14.0. The maximum absolute atomic E-state index is 12.3. The van der Waals surface area contributed by atoms with Crippen molar-refractivity contribution in [3.63, 3.8) is 0 Å². The lowest BCUT2D eigenvalue weighted by Gasteiger charge is -2.29. The monoisotopic (exact) mass is 300 g/mol. The Morgan fingerprint density at radius 1 is 1.29 bits per heavy atom. The van der Waals surface area contributed by atoms with Crippen molar-refractivity contribution in [2.45, 2.75) is 59.8 Å². The number of carbonyl (C=O) groups is 2. The van der Waals surface area contributed by atoms with E-state index in [9.17, 15) is 9.59 Å². The molecule has 0 heterocycles. The molecule has 5 heteroatoms. The maximum atomic E-state index is 12.3. The molecular formula is C16H32N2O3. The highest BCUT2D eigenvalue weighted by atomic mass is 16.5. The van der Waals surface area contributed by atoms with Gasteiger partial charge < -0.3 is 15.8 Å². The molecule has 0 rings (SSSR count). The van der Waals surface area contributed by atoms with Crippen molar-refractivity contribution in [3.8, 4) is 0 Å². The topological polar surface area (TPSA) is 81.4 Å². The molecule has 2 atom stereocenters. The Hall–Kier alpha value is -1.10. The van der Waals surface area contributed by atoms with Crippen LogP contribution < -0.4 is 11.1 Å². The molecule has 0 saturated heterocycles. The zero-order valence-electron chi connectivity index (χ0n) is 14.0. The summed E-state index contributed by atoms with van der Waals surface area (Å²) in [5, 5.41) is 2.90. The number of rotatable bonds is 11. The van der Waals surface area contributed by atoms with Gasteiger partial charge in [0.1, 0.15) is 0 Å². The molecule has 0 radical (unpaired) electrons. The van der Waals surface area contributed by atoms with E-state index in [1.807, 2.05) is 20.8 Å². The second-order valence-corrected chi connectivity index (χ2v) is 5.94. The maximum Gasteiger partial charge on any atom is 0.308 e. The number of hydrogen-bond acceptors (Lipinski definition) is 4. The third-order valence-corrected chi connectivity index (χ3v) is 3.90. The predicted molar refractivity (Wildman–Crippen MR) is 84.7 cm³/mol. The molecule has 0 aliphatic heterocycles. The summed E-state index contributed by atoms with van der Waals surface area (Å²) in [7, 11) is 0. The van der Waals surface area contributed by atoms with E-state index in [1.54, 1.807) is 0 Å². The minimum atomic E-state index is -0.544. The third kappa shape index (κ3) is 7.46. The fourth-order valence-corrected chi connectivity index (χ4v) is 2.13. The van der Waals surface area contributed by atoms with Crippen LogP contribution in [0.3, 0.4) is 0 Å². The summed E-state index contributed by atoms with van der Waals surface area (Å²) in [5.74, 6) is -0.489. The Kier molecular flexibility index (Phi) is 10.0. The highest BCUT2D eigenvalue weighted by molar-refractivity contribution is 5.83. The number of carbonyl (C=O) groups excluding carboxylic acids is 2. The summed E-state index contributed by atoms with van der Waals surface area (Å²) in [6.07, 6.45) is 3.83. The average Bonchev–Trinajstić information content (AvgIpc) is 2.47. The molecular weight excluding hydrogens is 268 g/mol. The highest BCUT2D eigenvalue weighted by Gasteiger charge is 2.35. The van der Waals surface area contributed by atoms with E-state index in [4.69, 9.17) is 10.5 Å². The van der Waals surface area contributed by atoms with Crippen molar-refractivity contribution >= 4 is 11.9 Å². The predicted octanol–water partition coefficient (Wildman–Crippen LogP) is 2.24. The lowest BCUT2D eigenvalue weighted by Crippen LogP contribution is -2.41. The number of esters is 1. The van der Waals surface area contributed by atoms with Crippen molar-refractivity contribution in [2.24, 2.45) is 17.1 Å². The lowest BCUT2D eigenvalue weighted by molar-refractivity contribution is -0.150. The van der Waals surface area contributed by atoms with Gasteiger partial charge in [-0.15, -0.1) is 0 Å². The van der Waals surface area contributed by atoms with Crippen LogP contribution in [0.5, 0.6) is 0 Å². The Balaban J connectivity index is 4.43. The summed E-state index contributed by atoms with van der Waals surface area (Å²) >= 11 is 0. The van der Waals surface area contributed by atoms with E-state index in [0.29, 0.717) is 32.5 Å². The molecule has 0 bridgehead atoms. The van der Waals surface area contributed by atoms with E-state index in [1.165, 1.54) is 0 Å². The van der Waals surface area contributed by atoms with Crippen LogP contribution in [0.15, 0.2) is 0 Å². The van der Waals surface area contributed by atoms with E-state index >= 15 is 0 Å². The molecule has 0 spiro atoms. The first kappa shape index (κ1) is 19.9. The minimum Gasteiger partial charge on any atom is -0.465 e. The summed E-state index contributed by atoms with van der Waals surface area (Å²) in [5.41, 5.74) is 4.88. The van der Waals surface area contributed by atoms with E-state index in [-0.39, 0.29) is 17.8 Å². The summed E-state index contributed by atoms with van der Waals surface area (Å²) < 4.78 is 5.23. The molecule has 1 amide bonds. The van der Waals surface area contributed by atoms with Gasteiger partial charge in [-0.2, -0.15) is 0 Å². The Bertz CT molecular complexity index is 321. The van der Waals surface area contributed by atoms with Gasteiger partial charge in [0.2, 0.25) is 5.91 Å². The molecule has 0 aromatic carbocycles. The lowest BCUT2D eigenvalue weighted by atomic mass is 9.78. The minimum absolute atomic E-state index is 0.00772. The smallest absolute Gasteiger partial charge is 0.308 e. The summed E-state index contributed by atoms with van der Waals surface area (Å²) in [4.78, 5) is 24.2. The molecule has 0 saturated carbocycles. The molecule has 21 heavy (non-hydrogen) atoms. The molecule has 5 nitrogen and oxygen atoms in total. The first-order chi connectivity index (χ1) is 9.91. The van der Waals surface area contributed by atoms with Gasteiger partial charge >= 0.3 is 5.97 Å². The Labute approximate surface area is 129 Å². The van der Waals surface area contributed by atoms with Gasteiger partial charge in [-0.1, -0.05) is 34.1 Å². The molecule has 0 aliphatic carbocycles. The quantitative estimate of drug-likeness (QED) is 0.453. The van der Waals surface area contributed by atoms with Crippen molar-refractivity contribution in [1.29, 1.82) is 0 Å². The van der Waals surface area contributed by atoms with Gasteiger partial charge in [-0.25, -0.2) is 0 Å². The number of ether oxygens (including phenoxy) is 1. The van der Waals surface area contributed by atoms with Gasteiger partial charge in [0.05, 0.1) is 12.5 Å². The molecule has 0 fully saturated rings. The molecule has 0 aromatic rings.